The second-order valence-corrected chi connectivity index (χ2v) is 11.4. The van der Waals surface area contributed by atoms with Crippen molar-refractivity contribution in [2.75, 3.05) is 26.3 Å². The zero-order valence-electron chi connectivity index (χ0n) is 22.5. The predicted molar refractivity (Wildman–Crippen MR) is 152 cm³/mol. The molecule has 8 nitrogen and oxygen atoms in total. The summed E-state index contributed by atoms with van der Waals surface area (Å²) in [4.78, 5) is 29.1. The van der Waals surface area contributed by atoms with Crippen molar-refractivity contribution in [3.63, 3.8) is 0 Å². The van der Waals surface area contributed by atoms with Gasteiger partial charge in [0.05, 0.1) is 29.7 Å². The monoisotopic (exact) mass is 552 g/mol. The minimum Gasteiger partial charge on any atom is -0.390 e. The van der Waals surface area contributed by atoms with Gasteiger partial charge in [0.25, 0.3) is 5.91 Å². The van der Waals surface area contributed by atoms with Crippen LogP contribution in [0.5, 0.6) is 0 Å². The van der Waals surface area contributed by atoms with Crippen molar-refractivity contribution in [2.45, 2.75) is 63.6 Å². The Labute approximate surface area is 233 Å². The van der Waals surface area contributed by atoms with Crippen LogP contribution in [0.3, 0.4) is 0 Å². The fourth-order valence-electron chi connectivity index (χ4n) is 5.83. The fraction of sp³-hybridized carbons (Fsp3) is 0.500. The number of aromatic nitrogens is 2. The van der Waals surface area contributed by atoms with Crippen LogP contribution < -0.4 is 10.7 Å². The van der Waals surface area contributed by atoms with Crippen LogP contribution in [0.15, 0.2) is 41.2 Å². The Kier molecular flexibility index (Phi) is 8.67. The molecule has 1 aliphatic heterocycles. The van der Waals surface area contributed by atoms with E-state index in [0.717, 1.165) is 61.0 Å². The molecule has 1 amide bonds. The van der Waals surface area contributed by atoms with Crippen LogP contribution in [0.4, 0.5) is 0 Å². The fourth-order valence-corrected chi connectivity index (χ4v) is 5.96. The van der Waals surface area contributed by atoms with Gasteiger partial charge in [0, 0.05) is 38.2 Å². The van der Waals surface area contributed by atoms with E-state index in [1.165, 1.54) is 6.42 Å². The number of benzene rings is 2. The molecule has 0 bridgehead atoms. The predicted octanol–water partition coefficient (Wildman–Crippen LogP) is 3.98. The molecule has 0 atom stereocenters. The van der Waals surface area contributed by atoms with Gasteiger partial charge in [-0.25, -0.2) is 0 Å². The number of aliphatic hydroxyl groups is 1. The first-order chi connectivity index (χ1) is 18.8. The van der Waals surface area contributed by atoms with Crippen LogP contribution >= 0.6 is 11.6 Å². The number of aryl methyl sites for hydroxylation is 2. The lowest BCUT2D eigenvalue weighted by atomic mass is 9.80. The Morgan fingerprint density at radius 2 is 1.82 bits per heavy atom. The van der Waals surface area contributed by atoms with Crippen molar-refractivity contribution in [3.05, 3.63) is 74.0 Å². The molecule has 0 unspecified atom stereocenters. The summed E-state index contributed by atoms with van der Waals surface area (Å²) in [5, 5.41) is 19.5. The third kappa shape index (κ3) is 6.69. The molecule has 5 rings (SSSR count). The number of amides is 1. The Morgan fingerprint density at radius 1 is 1.10 bits per heavy atom. The molecule has 2 heterocycles. The number of carbonyl (C=O) groups excluding carboxylic acids is 1. The molecule has 1 saturated heterocycles. The number of ether oxygens (including phenoxy) is 1. The summed E-state index contributed by atoms with van der Waals surface area (Å²) >= 11 is 5.96. The van der Waals surface area contributed by atoms with E-state index in [4.69, 9.17) is 16.3 Å². The van der Waals surface area contributed by atoms with Crippen molar-refractivity contribution < 1.29 is 14.6 Å². The van der Waals surface area contributed by atoms with Gasteiger partial charge in [-0.1, -0.05) is 49.1 Å². The highest BCUT2D eigenvalue weighted by atomic mass is 35.5. The molecule has 9 heteroatoms. The second-order valence-electron chi connectivity index (χ2n) is 10.9. The average Bonchev–Trinajstić information content (AvgIpc) is 2.94. The summed E-state index contributed by atoms with van der Waals surface area (Å²) in [7, 11) is 1.78. The van der Waals surface area contributed by atoms with Crippen molar-refractivity contribution in [3.8, 4) is 0 Å². The Morgan fingerprint density at radius 3 is 2.54 bits per heavy atom. The molecule has 3 aromatic rings. The number of hydrogen-bond acceptors (Lipinski definition) is 6. The molecule has 0 radical (unpaired) electrons. The number of nitrogens with one attached hydrogen (secondary N) is 1. The molecule has 2 fully saturated rings. The summed E-state index contributed by atoms with van der Waals surface area (Å²) in [6.07, 6.45) is 6.16. The average molecular weight is 553 g/mol. The SMILES string of the molecule is Cn1nc(C(=O)NCc2ccc(Cl)cc2)c(=O)c2cc(CN3CCOCC3)cc(CCC3(O)CCCCC3)c21. The van der Waals surface area contributed by atoms with Crippen LogP contribution in [-0.4, -0.2) is 57.6 Å². The van der Waals surface area contributed by atoms with Crippen LogP contribution in [0.2, 0.25) is 5.02 Å². The van der Waals surface area contributed by atoms with E-state index in [-0.39, 0.29) is 17.7 Å². The summed E-state index contributed by atoms with van der Waals surface area (Å²) in [6.45, 7) is 4.01. The highest BCUT2D eigenvalue weighted by molar-refractivity contribution is 6.30. The van der Waals surface area contributed by atoms with Crippen LogP contribution in [0.25, 0.3) is 10.9 Å². The highest BCUT2D eigenvalue weighted by Crippen LogP contribution is 2.33. The first-order valence-corrected chi connectivity index (χ1v) is 14.3. The Balaban J connectivity index is 1.47. The van der Waals surface area contributed by atoms with E-state index in [1.54, 1.807) is 23.9 Å². The molecule has 2 N–H and O–H groups in total. The molecule has 39 heavy (non-hydrogen) atoms. The van der Waals surface area contributed by atoms with E-state index >= 15 is 0 Å². The number of fused-ring (bicyclic) bond motifs is 1. The van der Waals surface area contributed by atoms with Crippen molar-refractivity contribution in [1.29, 1.82) is 0 Å². The number of nitrogens with zero attached hydrogens (tertiary/aromatic N) is 3. The van der Waals surface area contributed by atoms with Crippen molar-refractivity contribution in [2.24, 2.45) is 7.05 Å². The summed E-state index contributed by atoms with van der Waals surface area (Å²) in [6, 6.07) is 11.2. The molecule has 1 saturated carbocycles. The standard InChI is InChI=1S/C30H37ClN4O4/c1-34-27-23(9-12-30(38)10-3-2-4-11-30)17-22(20-35-13-15-39-16-14-35)18-25(27)28(36)26(33-34)29(37)32-19-21-5-7-24(31)8-6-21/h5-8,17-18,38H,2-4,9-16,19-20H2,1H3,(H,32,37). The van der Waals surface area contributed by atoms with E-state index in [0.29, 0.717) is 43.0 Å². The van der Waals surface area contributed by atoms with Crippen molar-refractivity contribution >= 4 is 28.4 Å². The molecule has 208 valence electrons. The van der Waals surface area contributed by atoms with E-state index < -0.39 is 11.5 Å². The molecule has 2 aliphatic rings. The van der Waals surface area contributed by atoms with Gasteiger partial charge in [0.2, 0.25) is 5.43 Å². The summed E-state index contributed by atoms with van der Waals surface area (Å²) in [5.41, 5.74) is 2.43. The summed E-state index contributed by atoms with van der Waals surface area (Å²) < 4.78 is 7.15. The smallest absolute Gasteiger partial charge is 0.276 e. The zero-order valence-corrected chi connectivity index (χ0v) is 23.3. The molecule has 1 aromatic heterocycles. The lowest BCUT2D eigenvalue weighted by molar-refractivity contribution is -0.00338. The minimum atomic E-state index is -0.668. The third-order valence-electron chi connectivity index (χ3n) is 8.02. The molecule has 1 aliphatic carbocycles. The van der Waals surface area contributed by atoms with Gasteiger partial charge in [-0.2, -0.15) is 5.10 Å². The quantitative estimate of drug-likeness (QED) is 0.439. The maximum Gasteiger partial charge on any atom is 0.276 e. The van der Waals surface area contributed by atoms with Gasteiger partial charge >= 0.3 is 0 Å². The molecular weight excluding hydrogens is 516 g/mol. The lowest BCUT2D eigenvalue weighted by Crippen LogP contribution is -2.36. The van der Waals surface area contributed by atoms with Gasteiger partial charge in [-0.3, -0.25) is 19.2 Å². The maximum atomic E-state index is 13.7. The first kappa shape index (κ1) is 27.8. The van der Waals surface area contributed by atoms with E-state index in [9.17, 15) is 14.7 Å². The van der Waals surface area contributed by atoms with Crippen LogP contribution in [0.1, 0.15) is 65.7 Å². The number of rotatable bonds is 8. The van der Waals surface area contributed by atoms with Crippen LogP contribution in [0, 0.1) is 0 Å². The lowest BCUT2D eigenvalue weighted by Gasteiger charge is -2.32. The van der Waals surface area contributed by atoms with Crippen LogP contribution in [-0.2, 0) is 31.3 Å². The van der Waals surface area contributed by atoms with Gasteiger partial charge in [0.1, 0.15) is 0 Å². The normalized spacial score (nSPS) is 17.8. The number of morpholine rings is 1. The number of hydrogen-bond donors (Lipinski definition) is 2. The molecular formula is C30H37ClN4O4. The number of carbonyl (C=O) groups is 1. The van der Waals surface area contributed by atoms with Gasteiger partial charge in [-0.15, -0.1) is 0 Å². The van der Waals surface area contributed by atoms with Gasteiger partial charge < -0.3 is 15.2 Å². The molecule has 0 spiro atoms. The largest absolute Gasteiger partial charge is 0.390 e. The van der Waals surface area contributed by atoms with Gasteiger partial charge in [0.15, 0.2) is 5.69 Å². The Hall–Kier alpha value is -2.78. The van der Waals surface area contributed by atoms with E-state index in [1.807, 2.05) is 18.2 Å². The third-order valence-corrected chi connectivity index (χ3v) is 8.27. The van der Waals surface area contributed by atoms with E-state index in [2.05, 4.69) is 21.4 Å². The minimum absolute atomic E-state index is 0.126. The van der Waals surface area contributed by atoms with Crippen molar-refractivity contribution in [1.82, 2.24) is 20.0 Å². The number of halogens is 1. The second kappa shape index (κ2) is 12.2. The first-order valence-electron chi connectivity index (χ1n) is 13.9. The zero-order chi connectivity index (χ0) is 27.4. The highest BCUT2D eigenvalue weighted by Gasteiger charge is 2.29. The maximum absolute atomic E-state index is 13.7. The topological polar surface area (TPSA) is 96.7 Å². The van der Waals surface area contributed by atoms with Gasteiger partial charge in [-0.05, 0) is 60.6 Å². The Bertz CT molecular complexity index is 1380. The molecule has 2 aromatic carbocycles. The summed E-state index contributed by atoms with van der Waals surface area (Å²) in [5.74, 6) is -0.510.